The molecule has 3 rings (SSSR count). The van der Waals surface area contributed by atoms with Crippen LogP contribution in [-0.2, 0) is 16.1 Å². The highest BCUT2D eigenvalue weighted by Crippen LogP contribution is 2.27. The molecular weight excluding hydrogens is 494 g/mol. The average molecular weight is 518 g/mol. The van der Waals surface area contributed by atoms with Crippen LogP contribution in [0.1, 0.15) is 22.3 Å². The van der Waals surface area contributed by atoms with E-state index in [2.05, 4.69) is 26.6 Å². The van der Waals surface area contributed by atoms with Gasteiger partial charge in [0.25, 0.3) is 11.8 Å². The first-order chi connectivity index (χ1) is 16.4. The molecule has 0 bridgehead atoms. The van der Waals surface area contributed by atoms with Gasteiger partial charge in [0, 0.05) is 12.2 Å². The summed E-state index contributed by atoms with van der Waals surface area (Å²) in [7, 11) is 0. The fraction of sp³-hybridized carbons (Fsp3) is 0.148. The Morgan fingerprint density at radius 2 is 1.82 bits per heavy atom. The van der Waals surface area contributed by atoms with Crippen LogP contribution in [0.2, 0.25) is 0 Å². The number of hydrogen-bond donors (Lipinski definition) is 2. The molecule has 0 heterocycles. The number of carbonyl (C=O) groups is 2. The van der Waals surface area contributed by atoms with Crippen molar-refractivity contribution in [3.63, 3.8) is 0 Å². The number of halogens is 1. The van der Waals surface area contributed by atoms with Gasteiger partial charge in [-0.05, 0) is 70.7 Å². The Hall–Kier alpha value is -3.89. The summed E-state index contributed by atoms with van der Waals surface area (Å²) in [6.45, 7) is 4.10. The molecule has 0 saturated carbocycles. The lowest BCUT2D eigenvalue weighted by Gasteiger charge is -2.11. The molecule has 0 atom stereocenters. The summed E-state index contributed by atoms with van der Waals surface area (Å²) in [6, 6.07) is 22.3. The van der Waals surface area contributed by atoms with E-state index >= 15 is 0 Å². The number of amides is 2. The number of nitrogens with one attached hydrogen (secondary N) is 2. The summed E-state index contributed by atoms with van der Waals surface area (Å²) in [5.74, 6) is -0.254. The van der Waals surface area contributed by atoms with Gasteiger partial charge >= 0.3 is 0 Å². The first-order valence-electron chi connectivity index (χ1n) is 10.6. The second-order valence-corrected chi connectivity index (χ2v) is 8.54. The highest BCUT2D eigenvalue weighted by Gasteiger charge is 2.11. The molecule has 0 aliphatic rings. The molecular formula is C27H24BrN3O3. The summed E-state index contributed by atoms with van der Waals surface area (Å²) in [6.07, 6.45) is 1.50. The van der Waals surface area contributed by atoms with Gasteiger partial charge in [-0.3, -0.25) is 9.59 Å². The predicted molar refractivity (Wildman–Crippen MR) is 136 cm³/mol. The average Bonchev–Trinajstić information content (AvgIpc) is 2.83. The second-order valence-electron chi connectivity index (χ2n) is 7.68. The molecule has 2 amide bonds. The van der Waals surface area contributed by atoms with Crippen LogP contribution in [0.3, 0.4) is 0 Å². The van der Waals surface area contributed by atoms with Crippen LogP contribution < -0.4 is 15.4 Å². The molecule has 0 aliphatic carbocycles. The number of nitriles is 1. The standard InChI is InChI=1S/C27H24BrN3O3/c1-18-8-10-24(19(2)12-18)31-26(32)17-34-25-11-9-21(14-23(25)28)13-22(15-29)27(33)30-16-20-6-4-3-5-7-20/h3-14H,16-17H2,1-2H3,(H,30,33)(H,31,32)/b22-13+. The van der Waals surface area contributed by atoms with E-state index in [0.717, 1.165) is 22.4 Å². The monoisotopic (exact) mass is 517 g/mol. The molecule has 34 heavy (non-hydrogen) atoms. The van der Waals surface area contributed by atoms with E-state index in [1.165, 1.54) is 6.08 Å². The first-order valence-corrected chi connectivity index (χ1v) is 11.4. The van der Waals surface area contributed by atoms with Gasteiger partial charge in [-0.1, -0.05) is 54.1 Å². The van der Waals surface area contributed by atoms with Gasteiger partial charge in [0.1, 0.15) is 17.4 Å². The van der Waals surface area contributed by atoms with Crippen LogP contribution in [-0.4, -0.2) is 18.4 Å². The molecule has 6 nitrogen and oxygen atoms in total. The Morgan fingerprint density at radius 3 is 2.50 bits per heavy atom. The zero-order chi connectivity index (χ0) is 24.5. The summed E-state index contributed by atoms with van der Waals surface area (Å²) >= 11 is 3.42. The van der Waals surface area contributed by atoms with Crippen molar-refractivity contribution in [2.75, 3.05) is 11.9 Å². The van der Waals surface area contributed by atoms with Crippen molar-refractivity contribution in [3.8, 4) is 11.8 Å². The third kappa shape index (κ3) is 7.06. The Bertz CT molecular complexity index is 1260. The SMILES string of the molecule is Cc1ccc(NC(=O)COc2ccc(/C=C(\C#N)C(=O)NCc3ccccc3)cc2Br)c(C)c1. The molecule has 3 aromatic rings. The largest absolute Gasteiger partial charge is 0.483 e. The molecule has 2 N–H and O–H groups in total. The maximum atomic E-state index is 12.4. The number of anilines is 1. The van der Waals surface area contributed by atoms with Gasteiger partial charge in [-0.15, -0.1) is 0 Å². The Labute approximate surface area is 207 Å². The van der Waals surface area contributed by atoms with Crippen molar-refractivity contribution >= 4 is 39.5 Å². The summed E-state index contributed by atoms with van der Waals surface area (Å²) in [5, 5.41) is 15.0. The lowest BCUT2D eigenvalue weighted by Crippen LogP contribution is -2.23. The number of hydrogen-bond acceptors (Lipinski definition) is 4. The van der Waals surface area contributed by atoms with Gasteiger partial charge in [0.05, 0.1) is 4.47 Å². The molecule has 0 unspecified atom stereocenters. The van der Waals surface area contributed by atoms with Crippen molar-refractivity contribution in [2.45, 2.75) is 20.4 Å². The van der Waals surface area contributed by atoms with Crippen LogP contribution >= 0.6 is 15.9 Å². The summed E-state index contributed by atoms with van der Waals surface area (Å²) in [4.78, 5) is 24.7. The molecule has 0 spiro atoms. The minimum absolute atomic E-state index is 0.00987. The quantitative estimate of drug-likeness (QED) is 0.313. The summed E-state index contributed by atoms with van der Waals surface area (Å²) in [5.41, 5.74) is 4.42. The van der Waals surface area contributed by atoms with Crippen LogP contribution in [0.25, 0.3) is 6.08 Å². The number of carbonyl (C=O) groups excluding carboxylic acids is 2. The van der Waals surface area contributed by atoms with Crippen LogP contribution in [0.4, 0.5) is 5.69 Å². The first kappa shape index (κ1) is 24.7. The second kappa shape index (κ2) is 11.8. The number of rotatable bonds is 8. The highest BCUT2D eigenvalue weighted by atomic mass is 79.9. The number of nitrogens with zero attached hydrogens (tertiary/aromatic N) is 1. The number of benzene rings is 3. The van der Waals surface area contributed by atoms with Gasteiger partial charge in [-0.25, -0.2) is 0 Å². The zero-order valence-electron chi connectivity index (χ0n) is 18.9. The highest BCUT2D eigenvalue weighted by molar-refractivity contribution is 9.10. The van der Waals surface area contributed by atoms with Gasteiger partial charge in [0.2, 0.25) is 0 Å². The molecule has 0 fully saturated rings. The van der Waals surface area contributed by atoms with Crippen LogP contribution in [0.5, 0.6) is 5.75 Å². The van der Waals surface area contributed by atoms with E-state index in [1.54, 1.807) is 18.2 Å². The van der Waals surface area contributed by atoms with E-state index in [1.807, 2.05) is 68.4 Å². The third-order valence-electron chi connectivity index (χ3n) is 4.94. The number of ether oxygens (including phenoxy) is 1. The maximum absolute atomic E-state index is 12.4. The summed E-state index contributed by atoms with van der Waals surface area (Å²) < 4.78 is 6.23. The van der Waals surface area contributed by atoms with Gasteiger partial charge < -0.3 is 15.4 Å². The minimum Gasteiger partial charge on any atom is -0.483 e. The zero-order valence-corrected chi connectivity index (χ0v) is 20.5. The smallest absolute Gasteiger partial charge is 0.262 e. The van der Waals surface area contributed by atoms with E-state index in [0.29, 0.717) is 22.3 Å². The lowest BCUT2D eigenvalue weighted by molar-refractivity contribution is -0.118. The van der Waals surface area contributed by atoms with Crippen LogP contribution in [0.15, 0.2) is 76.8 Å². The van der Waals surface area contributed by atoms with Crippen LogP contribution in [0, 0.1) is 25.2 Å². The van der Waals surface area contributed by atoms with E-state index < -0.39 is 5.91 Å². The van der Waals surface area contributed by atoms with Crippen molar-refractivity contribution in [3.05, 3.63) is 99.0 Å². The molecule has 0 radical (unpaired) electrons. The van der Waals surface area contributed by atoms with E-state index in [-0.39, 0.29) is 18.1 Å². The van der Waals surface area contributed by atoms with E-state index in [9.17, 15) is 14.9 Å². The number of aryl methyl sites for hydroxylation is 2. The molecule has 0 saturated heterocycles. The molecule has 0 aromatic heterocycles. The Balaban J connectivity index is 1.59. The third-order valence-corrected chi connectivity index (χ3v) is 5.56. The fourth-order valence-electron chi connectivity index (χ4n) is 3.20. The molecule has 0 aliphatic heterocycles. The molecule has 7 heteroatoms. The normalized spacial score (nSPS) is 10.8. The Morgan fingerprint density at radius 1 is 1.06 bits per heavy atom. The van der Waals surface area contributed by atoms with Crippen molar-refractivity contribution in [2.24, 2.45) is 0 Å². The van der Waals surface area contributed by atoms with Crippen molar-refractivity contribution < 1.29 is 14.3 Å². The van der Waals surface area contributed by atoms with E-state index in [4.69, 9.17) is 4.74 Å². The maximum Gasteiger partial charge on any atom is 0.262 e. The van der Waals surface area contributed by atoms with Crippen molar-refractivity contribution in [1.82, 2.24) is 5.32 Å². The minimum atomic E-state index is -0.453. The van der Waals surface area contributed by atoms with Gasteiger partial charge in [0.15, 0.2) is 6.61 Å². The van der Waals surface area contributed by atoms with Crippen molar-refractivity contribution in [1.29, 1.82) is 5.26 Å². The Kier molecular flexibility index (Phi) is 8.60. The molecule has 172 valence electrons. The van der Waals surface area contributed by atoms with Gasteiger partial charge in [-0.2, -0.15) is 5.26 Å². The topological polar surface area (TPSA) is 91.2 Å². The predicted octanol–water partition coefficient (Wildman–Crippen LogP) is 5.31. The molecule has 3 aromatic carbocycles. The lowest BCUT2D eigenvalue weighted by atomic mass is 10.1. The fourth-order valence-corrected chi connectivity index (χ4v) is 3.71.